The van der Waals surface area contributed by atoms with Crippen LogP contribution in [-0.2, 0) is 33.4 Å². The van der Waals surface area contributed by atoms with Gasteiger partial charge >= 0.3 is 0 Å². The second-order valence-corrected chi connectivity index (χ2v) is 21.4. The van der Waals surface area contributed by atoms with E-state index in [-0.39, 0.29) is 47.2 Å². The average molecular weight is 997 g/mol. The number of carbonyl (C=O) groups is 4. The lowest BCUT2D eigenvalue weighted by Gasteiger charge is -2.42. The molecule has 1 unspecified atom stereocenters. The van der Waals surface area contributed by atoms with Gasteiger partial charge in [0.15, 0.2) is 5.82 Å². The van der Waals surface area contributed by atoms with Crippen LogP contribution in [0.2, 0.25) is 0 Å². The number of hydrogen-bond acceptors (Lipinski definition) is 10. The molecule has 3 aromatic heterocycles. The maximum Gasteiger partial charge on any atom is 0.257 e. The number of likely N-dealkylation sites (tertiary alicyclic amines) is 1. The van der Waals surface area contributed by atoms with Gasteiger partial charge < -0.3 is 14.8 Å². The Bertz CT molecular complexity index is 3110. The molecule has 0 radical (unpaired) electrons. The van der Waals surface area contributed by atoms with Crippen LogP contribution >= 0.6 is 0 Å². The van der Waals surface area contributed by atoms with Gasteiger partial charge in [0.05, 0.1) is 23.0 Å². The van der Waals surface area contributed by atoms with Crippen molar-refractivity contribution in [1.82, 2.24) is 39.0 Å². The van der Waals surface area contributed by atoms with Crippen molar-refractivity contribution in [3.8, 4) is 5.69 Å². The maximum absolute atomic E-state index is 16.2. The third-order valence-corrected chi connectivity index (χ3v) is 16.5. The van der Waals surface area contributed by atoms with Gasteiger partial charge in [0.2, 0.25) is 17.7 Å². The smallest absolute Gasteiger partial charge is 0.257 e. The number of rotatable bonds is 11. The number of fused-ring (bicyclic) bond motifs is 2. The summed E-state index contributed by atoms with van der Waals surface area (Å²) < 4.78 is 34.3. The molecule has 384 valence electrons. The molecule has 15 nitrogen and oxygen atoms in total. The van der Waals surface area contributed by atoms with Crippen LogP contribution in [0.4, 0.5) is 20.2 Å². The molecule has 10 rings (SSSR count). The minimum absolute atomic E-state index is 0.0469. The van der Waals surface area contributed by atoms with Crippen molar-refractivity contribution in [2.75, 3.05) is 69.6 Å². The molecule has 0 bridgehead atoms. The number of piperidine rings is 2. The number of aryl methyl sites for hydroxylation is 2. The fraction of sp³-hybridized carbons (Fsp3) is 0.464. The highest BCUT2D eigenvalue weighted by Crippen LogP contribution is 2.44. The normalized spacial score (nSPS) is 21.7. The van der Waals surface area contributed by atoms with Gasteiger partial charge in [0.1, 0.15) is 17.5 Å². The topological polar surface area (TPSA) is 148 Å². The van der Waals surface area contributed by atoms with E-state index in [0.29, 0.717) is 73.4 Å². The zero-order valence-corrected chi connectivity index (χ0v) is 42.9. The summed E-state index contributed by atoms with van der Waals surface area (Å²) in [4.78, 5) is 80.6. The van der Waals surface area contributed by atoms with Crippen molar-refractivity contribution in [3.05, 3.63) is 123 Å². The second kappa shape index (κ2) is 19.7. The van der Waals surface area contributed by atoms with E-state index in [9.17, 15) is 28.4 Å². The molecule has 0 spiro atoms. The maximum atomic E-state index is 16.2. The van der Waals surface area contributed by atoms with Crippen LogP contribution in [0.1, 0.15) is 104 Å². The number of benzene rings is 2. The molecule has 3 saturated heterocycles. The third-order valence-electron chi connectivity index (χ3n) is 16.5. The lowest BCUT2D eigenvalue weighted by molar-refractivity contribution is -0.136. The Morgan fingerprint density at radius 1 is 0.932 bits per heavy atom. The summed E-state index contributed by atoms with van der Waals surface area (Å²) in [7, 11) is 3.51. The molecule has 3 fully saturated rings. The van der Waals surface area contributed by atoms with E-state index in [1.807, 2.05) is 55.5 Å². The lowest BCUT2D eigenvalue weighted by atomic mass is 9.85. The number of amides is 4. The molecule has 0 saturated carbocycles. The lowest BCUT2D eigenvalue weighted by Crippen LogP contribution is -2.55. The zero-order chi connectivity index (χ0) is 51.6. The van der Waals surface area contributed by atoms with Gasteiger partial charge in [-0.25, -0.2) is 13.8 Å². The average Bonchev–Trinajstić information content (AvgIpc) is 3.81. The number of imide groups is 1. The number of anilines is 2. The van der Waals surface area contributed by atoms with E-state index < -0.39 is 23.2 Å². The van der Waals surface area contributed by atoms with Crippen molar-refractivity contribution >= 4 is 51.6 Å². The largest absolute Gasteiger partial charge is 0.386 e. The number of pyridine rings is 2. The second-order valence-electron chi connectivity index (χ2n) is 21.4. The van der Waals surface area contributed by atoms with Crippen LogP contribution < -0.4 is 21.1 Å². The molecule has 8 heterocycles. The van der Waals surface area contributed by atoms with Gasteiger partial charge in [0.25, 0.3) is 11.5 Å². The number of hydrogen-bond donors (Lipinski definition) is 2. The van der Waals surface area contributed by atoms with E-state index >= 15 is 4.39 Å². The summed E-state index contributed by atoms with van der Waals surface area (Å²) in [5.41, 5.74) is 6.57. The van der Waals surface area contributed by atoms with E-state index in [1.165, 1.54) is 22.9 Å². The van der Waals surface area contributed by atoms with Gasteiger partial charge in [-0.05, 0) is 119 Å². The summed E-state index contributed by atoms with van der Waals surface area (Å²) in [6, 6.07) is 14.0. The van der Waals surface area contributed by atoms with Crippen molar-refractivity contribution in [2.45, 2.75) is 96.8 Å². The van der Waals surface area contributed by atoms with Gasteiger partial charge in [-0.2, -0.15) is 0 Å². The fourth-order valence-corrected chi connectivity index (χ4v) is 12.2. The molecule has 5 aliphatic rings. The van der Waals surface area contributed by atoms with Crippen LogP contribution in [0.25, 0.3) is 22.3 Å². The van der Waals surface area contributed by atoms with Crippen LogP contribution in [0.5, 0.6) is 0 Å². The molecular formula is C56H66F2N10O5. The molecule has 2 N–H and O–H groups in total. The number of nitrogens with zero attached hydrogens (tertiary/aromatic N) is 8. The molecular weight excluding hydrogens is 931 g/mol. The number of nitrogens with one attached hydrogen (secondary N) is 2. The molecule has 4 amide bonds. The Morgan fingerprint density at radius 2 is 1.71 bits per heavy atom. The van der Waals surface area contributed by atoms with Crippen molar-refractivity contribution < 1.29 is 28.0 Å². The Kier molecular flexibility index (Phi) is 13.5. The third kappa shape index (κ3) is 9.28. The van der Waals surface area contributed by atoms with Gasteiger partial charge in [-0.3, -0.25) is 53.5 Å². The Hall–Kier alpha value is -6.56. The van der Waals surface area contributed by atoms with Gasteiger partial charge in [-0.1, -0.05) is 18.2 Å². The SMILES string of the molecule is CNc1cc(=O)n(-c2ccnc3c2cc([C@H](C)N2CC=C(c4c(C)cc(C(=O)N5CCC(CN6CCN(Cc7ccc8c(c7)C(C)(C)C(=O)N8C7CCC(=O)NC7=O)C[C@@H]6C)CC5)cc4F)CC2)n3C)cc1F. The van der Waals surface area contributed by atoms with Gasteiger partial charge in [0, 0.05) is 132 Å². The van der Waals surface area contributed by atoms with Crippen LogP contribution in [0.3, 0.4) is 0 Å². The molecule has 2 aromatic carbocycles. The molecule has 5 aromatic rings. The fourth-order valence-electron chi connectivity index (χ4n) is 12.2. The van der Waals surface area contributed by atoms with Crippen molar-refractivity contribution in [1.29, 1.82) is 0 Å². The summed E-state index contributed by atoms with van der Waals surface area (Å²) in [5, 5.41) is 5.85. The highest BCUT2D eigenvalue weighted by atomic mass is 19.1. The Morgan fingerprint density at radius 3 is 2.41 bits per heavy atom. The van der Waals surface area contributed by atoms with Crippen LogP contribution in [0, 0.1) is 24.5 Å². The standard InChI is InChI=1S/C56H66F2N10O5/c1-33-24-39(26-42(57)51(33)38-15-20-64(21-16-38)35(3)48-27-40-45(12-17-60-52(40)62(48)7)67-32-43(58)44(59-6)28-50(67)70)54(72)65-18-13-36(14-19-65)31-66-23-22-63(29-34(66)2)30-37-8-9-46-41(25-37)56(4,5)55(73)68(46)47-10-11-49(69)61-53(47)71/h8-9,12,15,17,24-28,32,34-36,47,59H,10-11,13-14,16,18-23,29-31H2,1-7H3,(H,61,69,71)/t34-,35-,47?/m0/s1. The van der Waals surface area contributed by atoms with E-state index in [1.54, 1.807) is 24.2 Å². The van der Waals surface area contributed by atoms with Crippen LogP contribution in [0.15, 0.2) is 71.8 Å². The molecule has 0 aliphatic carbocycles. The highest BCUT2D eigenvalue weighted by molar-refractivity contribution is 6.13. The predicted octanol–water partition coefficient (Wildman–Crippen LogP) is 6.69. The molecule has 73 heavy (non-hydrogen) atoms. The highest BCUT2D eigenvalue weighted by Gasteiger charge is 2.49. The first kappa shape index (κ1) is 50.0. The van der Waals surface area contributed by atoms with E-state index in [2.05, 4.69) is 62.4 Å². The Balaban J connectivity index is 0.719. The summed E-state index contributed by atoms with van der Waals surface area (Å²) in [6.45, 7) is 17.1. The summed E-state index contributed by atoms with van der Waals surface area (Å²) >= 11 is 0. The van der Waals surface area contributed by atoms with Crippen LogP contribution in [-0.4, -0.2) is 129 Å². The number of aromatic nitrogens is 3. The minimum Gasteiger partial charge on any atom is -0.386 e. The molecule has 3 atom stereocenters. The number of piperazine rings is 1. The first-order valence-electron chi connectivity index (χ1n) is 25.8. The monoisotopic (exact) mass is 997 g/mol. The van der Waals surface area contributed by atoms with E-state index in [0.717, 1.165) is 84.6 Å². The Labute approximate surface area is 424 Å². The summed E-state index contributed by atoms with van der Waals surface area (Å²) in [5.74, 6) is -1.44. The minimum atomic E-state index is -0.788. The summed E-state index contributed by atoms with van der Waals surface area (Å²) in [6.07, 6.45) is 7.83. The van der Waals surface area contributed by atoms with E-state index in [4.69, 9.17) is 0 Å². The first-order chi connectivity index (χ1) is 34.9. The molecule has 5 aliphatic heterocycles. The number of carbonyl (C=O) groups excluding carboxylic acids is 4. The van der Waals surface area contributed by atoms with Crippen molar-refractivity contribution in [2.24, 2.45) is 13.0 Å². The predicted molar refractivity (Wildman–Crippen MR) is 278 cm³/mol. The molecule has 17 heteroatoms. The van der Waals surface area contributed by atoms with Crippen molar-refractivity contribution in [3.63, 3.8) is 0 Å². The first-order valence-corrected chi connectivity index (χ1v) is 25.8. The zero-order valence-electron chi connectivity index (χ0n) is 42.9. The van der Waals surface area contributed by atoms with Gasteiger partial charge in [-0.15, -0.1) is 0 Å². The quantitative estimate of drug-likeness (QED) is 0.137. The number of halogens is 2.